The number of carbonyl (C=O) groups is 3. The molecule has 0 aromatic rings. The fourth-order valence-electron chi connectivity index (χ4n) is 1.93. The van der Waals surface area contributed by atoms with Crippen LogP contribution in [0.2, 0.25) is 0 Å². The van der Waals surface area contributed by atoms with Gasteiger partial charge in [0.15, 0.2) is 11.1 Å². The summed E-state index contributed by atoms with van der Waals surface area (Å²) < 4.78 is 20.5. The number of hydrogen-bond acceptors (Lipinski definition) is 4. The maximum atomic E-state index is 11.9. The summed E-state index contributed by atoms with van der Waals surface area (Å²) >= 11 is -2.27. The second-order valence-corrected chi connectivity index (χ2v) is 7.22. The number of amides is 2. The third-order valence-corrected chi connectivity index (χ3v) is 3.64. The Morgan fingerprint density at radius 1 is 1.30 bits per heavy atom. The highest BCUT2D eigenvalue weighted by Crippen LogP contribution is 2.21. The Morgan fingerprint density at radius 2 is 1.80 bits per heavy atom. The lowest BCUT2D eigenvalue weighted by molar-refractivity contribution is -0.137. The van der Waals surface area contributed by atoms with Gasteiger partial charge in [0.25, 0.3) is 11.8 Å². The third kappa shape index (κ3) is 4.97. The Hall–Kier alpha value is -1.34. The lowest BCUT2D eigenvalue weighted by Crippen LogP contribution is -2.39. The van der Waals surface area contributed by atoms with Crippen LogP contribution in [0.1, 0.15) is 33.6 Å². The van der Waals surface area contributed by atoms with E-state index in [1.807, 2.05) is 20.8 Å². The molecular weight excluding hydrogens is 282 g/mol. The van der Waals surface area contributed by atoms with E-state index in [1.165, 1.54) is 0 Å². The van der Waals surface area contributed by atoms with Crippen LogP contribution in [0.25, 0.3) is 0 Å². The molecule has 0 aromatic carbocycles. The van der Waals surface area contributed by atoms with Crippen LogP contribution < -0.4 is 0 Å². The second kappa shape index (κ2) is 6.41. The predicted octanol–water partition coefficient (Wildman–Crippen LogP) is 0.897. The quantitative estimate of drug-likeness (QED) is 0.581. The average Bonchev–Trinajstić information content (AvgIpc) is 2.56. The maximum Gasteiger partial charge on any atom is 0.253 e. The van der Waals surface area contributed by atoms with E-state index in [4.69, 9.17) is 0 Å². The van der Waals surface area contributed by atoms with Crippen LogP contribution in [-0.4, -0.2) is 43.1 Å². The van der Waals surface area contributed by atoms with Crippen molar-refractivity contribution in [1.29, 1.82) is 0 Å². The van der Waals surface area contributed by atoms with Crippen LogP contribution in [0.4, 0.5) is 0 Å². The van der Waals surface area contributed by atoms with Gasteiger partial charge in [-0.05, 0) is 5.41 Å². The highest BCUT2D eigenvalue weighted by atomic mass is 32.2. The van der Waals surface area contributed by atoms with E-state index in [2.05, 4.69) is 0 Å². The molecule has 2 amide bonds. The standard InChI is InChI=1S/C13H19NO5S/c1-13(2,3)7-9(15)6-10(20(18)19)8-14-11(16)4-5-12(14)17/h4-5,10H,6-8H2,1-3H3,(H,18,19). The Labute approximate surface area is 120 Å². The van der Waals surface area contributed by atoms with Crippen LogP contribution in [0.15, 0.2) is 12.2 Å². The third-order valence-electron chi connectivity index (χ3n) is 2.75. The van der Waals surface area contributed by atoms with Crippen LogP contribution in [-0.2, 0) is 25.5 Å². The fourth-order valence-corrected chi connectivity index (χ4v) is 2.54. The molecule has 0 spiro atoms. The molecule has 0 radical (unpaired) electrons. The zero-order chi connectivity index (χ0) is 15.5. The van der Waals surface area contributed by atoms with Crippen molar-refractivity contribution in [2.24, 2.45) is 5.41 Å². The number of ketones is 1. The lowest BCUT2D eigenvalue weighted by atomic mass is 9.89. The SMILES string of the molecule is CC(C)(C)CC(=O)CC(CN1C(=O)C=CC1=O)S(=O)O. The molecule has 7 heteroatoms. The van der Waals surface area contributed by atoms with Crippen molar-refractivity contribution < 1.29 is 23.1 Å². The fraction of sp³-hybridized carbons (Fsp3) is 0.615. The van der Waals surface area contributed by atoms with E-state index < -0.39 is 28.1 Å². The number of carbonyl (C=O) groups excluding carboxylic acids is 3. The molecule has 0 aliphatic carbocycles. The Balaban J connectivity index is 2.67. The number of rotatable bonds is 6. The minimum atomic E-state index is -2.27. The average molecular weight is 301 g/mol. The molecule has 20 heavy (non-hydrogen) atoms. The summed E-state index contributed by atoms with van der Waals surface area (Å²) in [6.45, 7) is 5.47. The van der Waals surface area contributed by atoms with Gasteiger partial charge in [-0.3, -0.25) is 19.3 Å². The molecule has 6 nitrogen and oxygen atoms in total. The number of hydrogen-bond donors (Lipinski definition) is 1. The largest absolute Gasteiger partial charge is 0.306 e. The van der Waals surface area contributed by atoms with Gasteiger partial charge in [0.2, 0.25) is 0 Å². The van der Waals surface area contributed by atoms with Gasteiger partial charge in [0, 0.05) is 31.5 Å². The number of imide groups is 1. The van der Waals surface area contributed by atoms with Gasteiger partial charge in [-0.2, -0.15) is 0 Å². The summed E-state index contributed by atoms with van der Waals surface area (Å²) in [5, 5.41) is -0.947. The minimum absolute atomic E-state index is 0.128. The zero-order valence-electron chi connectivity index (χ0n) is 11.8. The molecule has 1 aliphatic rings. The molecule has 2 unspecified atom stereocenters. The van der Waals surface area contributed by atoms with Gasteiger partial charge >= 0.3 is 0 Å². The van der Waals surface area contributed by atoms with Crippen molar-refractivity contribution >= 4 is 28.7 Å². The highest BCUT2D eigenvalue weighted by Gasteiger charge is 2.30. The monoisotopic (exact) mass is 301 g/mol. The normalized spacial score (nSPS) is 18.5. The van der Waals surface area contributed by atoms with Gasteiger partial charge in [-0.1, -0.05) is 20.8 Å². The first-order valence-electron chi connectivity index (χ1n) is 6.25. The summed E-state index contributed by atoms with van der Waals surface area (Å²) in [5.74, 6) is -1.20. The van der Waals surface area contributed by atoms with Crippen LogP contribution in [0.5, 0.6) is 0 Å². The Kier molecular flexibility index (Phi) is 5.35. The van der Waals surface area contributed by atoms with E-state index in [9.17, 15) is 23.1 Å². The molecule has 0 saturated carbocycles. The minimum Gasteiger partial charge on any atom is -0.306 e. The molecule has 112 valence electrons. The zero-order valence-corrected chi connectivity index (χ0v) is 12.6. The Morgan fingerprint density at radius 3 is 2.20 bits per heavy atom. The van der Waals surface area contributed by atoms with Crippen LogP contribution >= 0.6 is 0 Å². The van der Waals surface area contributed by atoms with E-state index in [-0.39, 0.29) is 30.6 Å². The number of nitrogens with zero attached hydrogens (tertiary/aromatic N) is 1. The first kappa shape index (κ1) is 16.7. The summed E-state index contributed by atoms with van der Waals surface area (Å²) in [7, 11) is 0. The molecule has 1 heterocycles. The molecule has 0 saturated heterocycles. The number of Topliss-reactive ketones (excluding diaryl/α,β-unsaturated/α-hetero) is 1. The summed E-state index contributed by atoms with van der Waals surface area (Å²) in [6, 6.07) is 0. The van der Waals surface area contributed by atoms with Gasteiger partial charge in [0.1, 0.15) is 5.78 Å². The van der Waals surface area contributed by atoms with E-state index in [1.54, 1.807) is 0 Å². The van der Waals surface area contributed by atoms with Gasteiger partial charge in [-0.15, -0.1) is 0 Å². The van der Waals surface area contributed by atoms with Crippen molar-refractivity contribution in [2.45, 2.75) is 38.9 Å². The van der Waals surface area contributed by atoms with E-state index in [0.717, 1.165) is 17.1 Å². The molecule has 1 N–H and O–H groups in total. The van der Waals surface area contributed by atoms with Crippen molar-refractivity contribution in [2.75, 3.05) is 6.54 Å². The molecule has 1 aliphatic heterocycles. The van der Waals surface area contributed by atoms with Crippen LogP contribution in [0.3, 0.4) is 0 Å². The van der Waals surface area contributed by atoms with E-state index >= 15 is 0 Å². The highest BCUT2D eigenvalue weighted by molar-refractivity contribution is 7.80. The topological polar surface area (TPSA) is 91.8 Å². The first-order valence-corrected chi connectivity index (χ1v) is 7.42. The molecule has 0 aromatic heterocycles. The molecule has 0 fully saturated rings. The van der Waals surface area contributed by atoms with E-state index in [0.29, 0.717) is 0 Å². The maximum absolute atomic E-state index is 11.9. The van der Waals surface area contributed by atoms with Crippen molar-refractivity contribution in [3.8, 4) is 0 Å². The Bertz CT molecular complexity index is 460. The predicted molar refractivity (Wildman–Crippen MR) is 74.1 cm³/mol. The van der Waals surface area contributed by atoms with Gasteiger partial charge in [-0.25, -0.2) is 4.21 Å². The van der Waals surface area contributed by atoms with Crippen molar-refractivity contribution in [1.82, 2.24) is 4.90 Å². The molecule has 2 atom stereocenters. The molecule has 1 rings (SSSR count). The summed E-state index contributed by atoms with van der Waals surface area (Å²) in [4.78, 5) is 35.6. The molecular formula is C13H19NO5S. The molecule has 0 bridgehead atoms. The first-order chi connectivity index (χ1) is 9.10. The van der Waals surface area contributed by atoms with Crippen LogP contribution in [0, 0.1) is 5.41 Å². The van der Waals surface area contributed by atoms with Gasteiger partial charge < -0.3 is 4.55 Å². The smallest absolute Gasteiger partial charge is 0.253 e. The van der Waals surface area contributed by atoms with Crippen molar-refractivity contribution in [3.63, 3.8) is 0 Å². The van der Waals surface area contributed by atoms with Crippen molar-refractivity contribution in [3.05, 3.63) is 12.2 Å². The summed E-state index contributed by atoms with van der Waals surface area (Å²) in [5.41, 5.74) is -0.209. The van der Waals surface area contributed by atoms with Gasteiger partial charge in [0.05, 0.1) is 5.25 Å². The summed E-state index contributed by atoms with van der Waals surface area (Å²) in [6.07, 6.45) is 2.37. The second-order valence-electron chi connectivity index (χ2n) is 6.00. The lowest BCUT2D eigenvalue weighted by Gasteiger charge is -2.21.